The Hall–Kier alpha value is -1.80. The minimum atomic E-state index is -3.45. The van der Waals surface area contributed by atoms with Gasteiger partial charge in [-0.2, -0.15) is 17.0 Å². The number of rotatable bonds is 5. The van der Waals surface area contributed by atoms with Crippen molar-refractivity contribution in [1.29, 1.82) is 0 Å². The van der Waals surface area contributed by atoms with Gasteiger partial charge in [0.1, 0.15) is 6.10 Å². The van der Waals surface area contributed by atoms with Crippen LogP contribution in [0.15, 0.2) is 42.5 Å². The van der Waals surface area contributed by atoms with Crippen LogP contribution in [0.4, 0.5) is 0 Å². The smallest absolute Gasteiger partial charge is 0.281 e. The first-order valence-electron chi connectivity index (χ1n) is 8.67. The van der Waals surface area contributed by atoms with Gasteiger partial charge in [-0.25, -0.2) is 0 Å². The maximum Gasteiger partial charge on any atom is 0.281 e. The van der Waals surface area contributed by atoms with Crippen LogP contribution in [0.3, 0.4) is 0 Å². The Bertz CT molecular complexity index is 854. The van der Waals surface area contributed by atoms with Crippen molar-refractivity contribution in [2.45, 2.75) is 19.4 Å². The summed E-state index contributed by atoms with van der Waals surface area (Å²) in [7, 11) is -0.362. The van der Waals surface area contributed by atoms with Crippen LogP contribution in [0, 0.1) is 6.92 Å². The zero-order valence-electron chi connectivity index (χ0n) is 15.4. The molecule has 0 N–H and O–H groups in total. The van der Waals surface area contributed by atoms with Crippen molar-refractivity contribution in [2.24, 2.45) is 0 Å². The molecule has 2 heterocycles. The highest BCUT2D eigenvalue weighted by molar-refractivity contribution is 7.86. The van der Waals surface area contributed by atoms with Crippen molar-refractivity contribution >= 4 is 10.2 Å². The molecule has 0 radical (unpaired) electrons. The molecule has 0 unspecified atom stereocenters. The van der Waals surface area contributed by atoms with Gasteiger partial charge in [-0.1, -0.05) is 30.3 Å². The second kappa shape index (κ2) is 7.84. The molecule has 0 saturated carbocycles. The fourth-order valence-corrected chi connectivity index (χ4v) is 4.20. The van der Waals surface area contributed by atoms with Gasteiger partial charge in [0.25, 0.3) is 10.2 Å². The van der Waals surface area contributed by atoms with Gasteiger partial charge in [0.15, 0.2) is 0 Å². The highest BCUT2D eigenvalue weighted by Gasteiger charge is 2.32. The first kappa shape index (κ1) is 19.0. The van der Waals surface area contributed by atoms with Crippen LogP contribution < -0.4 is 0 Å². The van der Waals surface area contributed by atoms with Gasteiger partial charge in [0.05, 0.1) is 12.3 Å². The summed E-state index contributed by atoms with van der Waals surface area (Å²) in [4.78, 5) is 4.60. The normalized spacial score (nSPS) is 19.0. The van der Waals surface area contributed by atoms with Crippen molar-refractivity contribution in [3.63, 3.8) is 0 Å². The Morgan fingerprint density at radius 3 is 2.62 bits per heavy atom. The number of hydrogen-bond acceptors (Lipinski definition) is 4. The van der Waals surface area contributed by atoms with Crippen LogP contribution in [0.1, 0.15) is 28.6 Å². The second-order valence-electron chi connectivity index (χ2n) is 6.71. The number of morpholine rings is 1. The Morgan fingerprint density at radius 1 is 1.19 bits per heavy atom. The van der Waals surface area contributed by atoms with Crippen LogP contribution >= 0.6 is 0 Å². The van der Waals surface area contributed by atoms with E-state index in [0.29, 0.717) is 13.2 Å². The number of aromatic nitrogens is 1. The average Bonchev–Trinajstić information content (AvgIpc) is 2.62. The van der Waals surface area contributed by atoms with Gasteiger partial charge < -0.3 is 4.74 Å². The average molecular weight is 375 g/mol. The minimum Gasteiger partial charge on any atom is -0.369 e. The third-order valence-corrected chi connectivity index (χ3v) is 6.34. The van der Waals surface area contributed by atoms with E-state index in [1.165, 1.54) is 14.2 Å². The lowest BCUT2D eigenvalue weighted by molar-refractivity contribution is -0.00633. The first-order valence-corrected chi connectivity index (χ1v) is 10.1. The molecule has 1 saturated heterocycles. The van der Waals surface area contributed by atoms with Gasteiger partial charge in [0.2, 0.25) is 0 Å². The zero-order chi connectivity index (χ0) is 18.7. The van der Waals surface area contributed by atoms with E-state index in [0.717, 1.165) is 23.4 Å². The summed E-state index contributed by atoms with van der Waals surface area (Å²) < 4.78 is 33.4. The predicted octanol–water partition coefficient (Wildman–Crippen LogP) is 2.16. The Kier molecular flexibility index (Phi) is 5.72. The summed E-state index contributed by atoms with van der Waals surface area (Å²) in [5, 5.41) is 0. The van der Waals surface area contributed by atoms with Gasteiger partial charge in [0, 0.05) is 32.9 Å². The van der Waals surface area contributed by atoms with E-state index in [9.17, 15) is 8.42 Å². The van der Waals surface area contributed by atoms with E-state index in [1.807, 2.05) is 31.2 Å². The first-order chi connectivity index (χ1) is 12.4. The molecular formula is C19H25N3O3S. The van der Waals surface area contributed by atoms with Crippen LogP contribution in [-0.2, 0) is 21.4 Å². The monoisotopic (exact) mass is 375 g/mol. The lowest BCUT2D eigenvalue weighted by atomic mass is 10.0. The Morgan fingerprint density at radius 2 is 1.92 bits per heavy atom. The second-order valence-corrected chi connectivity index (χ2v) is 8.85. The molecule has 0 aliphatic carbocycles. The lowest BCUT2D eigenvalue weighted by Gasteiger charge is -2.33. The van der Waals surface area contributed by atoms with E-state index in [1.54, 1.807) is 14.1 Å². The third-order valence-electron chi connectivity index (χ3n) is 4.43. The molecule has 0 bridgehead atoms. The molecule has 1 aliphatic heterocycles. The van der Waals surface area contributed by atoms with Crippen molar-refractivity contribution < 1.29 is 13.2 Å². The molecule has 1 fully saturated rings. The number of ether oxygens (including phenoxy) is 1. The van der Waals surface area contributed by atoms with E-state index in [-0.39, 0.29) is 12.6 Å². The zero-order valence-corrected chi connectivity index (χ0v) is 16.2. The van der Waals surface area contributed by atoms with E-state index in [2.05, 4.69) is 23.2 Å². The molecule has 0 amide bonds. The maximum absolute atomic E-state index is 12.4. The fraction of sp³-hybridized carbons (Fsp3) is 0.421. The number of benzene rings is 1. The van der Waals surface area contributed by atoms with E-state index >= 15 is 0 Å². The molecular weight excluding hydrogens is 350 g/mol. The fourth-order valence-electron chi connectivity index (χ4n) is 3.11. The van der Waals surface area contributed by atoms with Gasteiger partial charge in [-0.05, 0) is 36.6 Å². The highest BCUT2D eigenvalue weighted by atomic mass is 32.2. The third kappa shape index (κ3) is 4.29. The molecule has 0 spiro atoms. The predicted molar refractivity (Wildman–Crippen MR) is 101 cm³/mol. The summed E-state index contributed by atoms with van der Waals surface area (Å²) in [6, 6.07) is 14.3. The molecule has 1 aliphatic rings. The molecule has 6 nitrogen and oxygen atoms in total. The molecule has 3 rings (SSSR count). The topological polar surface area (TPSA) is 62.7 Å². The van der Waals surface area contributed by atoms with Crippen LogP contribution in [0.25, 0.3) is 0 Å². The standard InChI is InChI=1S/C19H25N3O3S/c1-15-11-17(12-16-7-5-4-6-8-16)13-18(20-15)19-14-22(9-10-25-19)26(23,24)21(2)3/h4-8,11,13,19H,9-10,12,14H2,1-3H3/t19-/m0/s1. The highest BCUT2D eigenvalue weighted by Crippen LogP contribution is 2.25. The summed E-state index contributed by atoms with van der Waals surface area (Å²) in [5.41, 5.74) is 4.07. The summed E-state index contributed by atoms with van der Waals surface area (Å²) in [6.45, 7) is 2.96. The molecule has 1 aromatic carbocycles. The van der Waals surface area contributed by atoms with Crippen LogP contribution in [0.2, 0.25) is 0 Å². The minimum absolute atomic E-state index is 0.280. The molecule has 140 valence electrons. The van der Waals surface area contributed by atoms with Crippen molar-refractivity contribution in [3.8, 4) is 0 Å². The quantitative estimate of drug-likeness (QED) is 0.803. The molecule has 26 heavy (non-hydrogen) atoms. The summed E-state index contributed by atoms with van der Waals surface area (Å²) in [5.74, 6) is 0. The summed E-state index contributed by atoms with van der Waals surface area (Å²) in [6.07, 6.45) is 0.455. The molecule has 1 atom stereocenters. The van der Waals surface area contributed by atoms with Gasteiger partial charge in [-0.15, -0.1) is 0 Å². The van der Waals surface area contributed by atoms with E-state index in [4.69, 9.17) is 4.74 Å². The van der Waals surface area contributed by atoms with Gasteiger partial charge in [-0.3, -0.25) is 4.98 Å². The number of aryl methyl sites for hydroxylation is 1. The van der Waals surface area contributed by atoms with Crippen LogP contribution in [-0.4, -0.2) is 55.8 Å². The molecule has 7 heteroatoms. The Balaban J connectivity index is 1.82. The van der Waals surface area contributed by atoms with Crippen molar-refractivity contribution in [2.75, 3.05) is 33.8 Å². The van der Waals surface area contributed by atoms with Gasteiger partial charge >= 0.3 is 0 Å². The lowest BCUT2D eigenvalue weighted by Crippen LogP contribution is -2.47. The number of pyridine rings is 1. The van der Waals surface area contributed by atoms with E-state index < -0.39 is 10.2 Å². The molecule has 2 aromatic rings. The number of nitrogens with zero attached hydrogens (tertiary/aromatic N) is 3. The van der Waals surface area contributed by atoms with Crippen LogP contribution in [0.5, 0.6) is 0 Å². The molecule has 1 aromatic heterocycles. The maximum atomic E-state index is 12.4. The van der Waals surface area contributed by atoms with Crippen molar-refractivity contribution in [1.82, 2.24) is 13.6 Å². The van der Waals surface area contributed by atoms with Crippen molar-refractivity contribution in [3.05, 3.63) is 65.0 Å². The SMILES string of the molecule is Cc1cc(Cc2ccccc2)cc([C@@H]2CN(S(=O)(=O)N(C)C)CCO2)n1. The number of hydrogen-bond donors (Lipinski definition) is 0. The Labute approximate surface area is 155 Å². The largest absolute Gasteiger partial charge is 0.369 e. The summed E-state index contributed by atoms with van der Waals surface area (Å²) >= 11 is 0.